The van der Waals surface area contributed by atoms with Crippen LogP contribution in [-0.4, -0.2) is 44.7 Å². The topological polar surface area (TPSA) is 41.6 Å². The van der Waals surface area contributed by atoms with Gasteiger partial charge in [0.25, 0.3) is 5.91 Å². The maximum absolute atomic E-state index is 12.7. The summed E-state index contributed by atoms with van der Waals surface area (Å²) in [6.07, 6.45) is 0. The summed E-state index contributed by atoms with van der Waals surface area (Å²) in [6.45, 7) is 8.15. The number of rotatable bonds is 7. The molecule has 1 N–H and O–H groups in total. The van der Waals surface area contributed by atoms with E-state index in [1.165, 1.54) is 0 Å². The lowest BCUT2D eigenvalue weighted by molar-refractivity contribution is 0.0673. The normalized spacial score (nSPS) is 10.7. The summed E-state index contributed by atoms with van der Waals surface area (Å²) in [7, 11) is 3.50. The van der Waals surface area contributed by atoms with Gasteiger partial charge in [0.1, 0.15) is 0 Å². The van der Waals surface area contributed by atoms with Gasteiger partial charge in [0.05, 0.1) is 12.2 Å². The minimum absolute atomic E-state index is 0.0556. The SMILES string of the molecule is CNc1cc(C)ccc1C(=O)N(CCOC)CC(C)C. The minimum atomic E-state index is 0.0556. The van der Waals surface area contributed by atoms with Crippen LogP contribution in [-0.2, 0) is 4.74 Å². The van der Waals surface area contributed by atoms with Crippen LogP contribution in [0.25, 0.3) is 0 Å². The fourth-order valence-electron chi connectivity index (χ4n) is 2.14. The third kappa shape index (κ3) is 4.53. The summed E-state index contributed by atoms with van der Waals surface area (Å²) in [4.78, 5) is 14.6. The first kappa shape index (κ1) is 16.5. The van der Waals surface area contributed by atoms with Crippen LogP contribution in [0, 0.1) is 12.8 Å². The molecular weight excluding hydrogens is 252 g/mol. The van der Waals surface area contributed by atoms with Crippen molar-refractivity contribution in [2.24, 2.45) is 5.92 Å². The van der Waals surface area contributed by atoms with E-state index in [2.05, 4.69) is 19.2 Å². The molecule has 0 spiro atoms. The summed E-state index contributed by atoms with van der Waals surface area (Å²) in [5.74, 6) is 0.486. The zero-order valence-corrected chi connectivity index (χ0v) is 13.2. The quantitative estimate of drug-likeness (QED) is 0.834. The van der Waals surface area contributed by atoms with E-state index in [0.29, 0.717) is 19.1 Å². The van der Waals surface area contributed by atoms with Gasteiger partial charge in [-0.25, -0.2) is 0 Å². The van der Waals surface area contributed by atoms with Gasteiger partial charge in [-0.05, 0) is 30.5 Å². The summed E-state index contributed by atoms with van der Waals surface area (Å²) in [5, 5.41) is 3.10. The van der Waals surface area contributed by atoms with Crippen LogP contribution in [0.5, 0.6) is 0 Å². The molecule has 0 aliphatic heterocycles. The fourth-order valence-corrected chi connectivity index (χ4v) is 2.14. The van der Waals surface area contributed by atoms with E-state index in [-0.39, 0.29) is 5.91 Å². The number of anilines is 1. The number of aryl methyl sites for hydroxylation is 1. The number of ether oxygens (including phenoxy) is 1. The molecule has 4 nitrogen and oxygen atoms in total. The largest absolute Gasteiger partial charge is 0.387 e. The van der Waals surface area contributed by atoms with Crippen LogP contribution in [0.3, 0.4) is 0 Å². The van der Waals surface area contributed by atoms with Crippen LogP contribution in [0.1, 0.15) is 29.8 Å². The number of carbonyl (C=O) groups excluding carboxylic acids is 1. The summed E-state index contributed by atoms with van der Waals surface area (Å²) in [6, 6.07) is 5.86. The highest BCUT2D eigenvalue weighted by Gasteiger charge is 2.19. The number of amides is 1. The molecule has 0 aliphatic rings. The molecule has 4 heteroatoms. The number of hydrogen-bond donors (Lipinski definition) is 1. The van der Waals surface area contributed by atoms with Crippen molar-refractivity contribution < 1.29 is 9.53 Å². The lowest BCUT2D eigenvalue weighted by Gasteiger charge is -2.25. The van der Waals surface area contributed by atoms with Crippen molar-refractivity contribution in [2.75, 3.05) is 39.2 Å². The Morgan fingerprint density at radius 1 is 1.40 bits per heavy atom. The van der Waals surface area contributed by atoms with Gasteiger partial charge in [-0.2, -0.15) is 0 Å². The Hall–Kier alpha value is -1.55. The average molecular weight is 278 g/mol. The fraction of sp³-hybridized carbons (Fsp3) is 0.562. The Morgan fingerprint density at radius 2 is 2.10 bits per heavy atom. The van der Waals surface area contributed by atoms with Crippen molar-refractivity contribution in [1.82, 2.24) is 4.90 Å². The van der Waals surface area contributed by atoms with Crippen molar-refractivity contribution in [3.63, 3.8) is 0 Å². The molecule has 1 amide bonds. The highest BCUT2D eigenvalue weighted by Crippen LogP contribution is 2.19. The summed E-state index contributed by atoms with van der Waals surface area (Å²) < 4.78 is 5.11. The van der Waals surface area contributed by atoms with Crippen molar-refractivity contribution in [3.8, 4) is 0 Å². The molecule has 1 rings (SSSR count). The molecule has 0 unspecified atom stereocenters. The predicted molar refractivity (Wildman–Crippen MR) is 83.3 cm³/mol. The lowest BCUT2D eigenvalue weighted by Crippen LogP contribution is -2.37. The zero-order chi connectivity index (χ0) is 15.1. The predicted octanol–water partition coefficient (Wildman–Crippen LogP) is 2.78. The average Bonchev–Trinajstić information content (AvgIpc) is 2.42. The van der Waals surface area contributed by atoms with E-state index in [0.717, 1.165) is 23.4 Å². The van der Waals surface area contributed by atoms with Gasteiger partial charge in [0, 0.05) is 32.9 Å². The standard InChI is InChI=1S/C16H26N2O2/c1-12(2)11-18(8-9-20-5)16(19)14-7-6-13(3)10-15(14)17-4/h6-7,10,12,17H,8-9,11H2,1-5H3. The highest BCUT2D eigenvalue weighted by atomic mass is 16.5. The van der Waals surface area contributed by atoms with E-state index in [1.807, 2.05) is 37.1 Å². The number of carbonyl (C=O) groups is 1. The third-order valence-corrected chi connectivity index (χ3v) is 3.11. The Labute approximate surface area is 122 Å². The van der Waals surface area contributed by atoms with Crippen molar-refractivity contribution >= 4 is 11.6 Å². The maximum Gasteiger partial charge on any atom is 0.256 e. The molecule has 0 heterocycles. The van der Waals surface area contributed by atoms with Crippen molar-refractivity contribution in [2.45, 2.75) is 20.8 Å². The zero-order valence-electron chi connectivity index (χ0n) is 13.2. The van der Waals surface area contributed by atoms with Crippen LogP contribution >= 0.6 is 0 Å². The van der Waals surface area contributed by atoms with Crippen LogP contribution in [0.2, 0.25) is 0 Å². The summed E-state index contributed by atoms with van der Waals surface area (Å²) in [5.41, 5.74) is 2.73. The van der Waals surface area contributed by atoms with E-state index in [4.69, 9.17) is 4.74 Å². The molecule has 112 valence electrons. The monoisotopic (exact) mass is 278 g/mol. The Morgan fingerprint density at radius 3 is 2.65 bits per heavy atom. The van der Waals surface area contributed by atoms with Gasteiger partial charge >= 0.3 is 0 Å². The molecule has 0 bridgehead atoms. The van der Waals surface area contributed by atoms with Gasteiger partial charge in [-0.15, -0.1) is 0 Å². The van der Waals surface area contributed by atoms with Gasteiger partial charge in [0.2, 0.25) is 0 Å². The second kappa shape index (κ2) is 7.90. The van der Waals surface area contributed by atoms with E-state index >= 15 is 0 Å². The van der Waals surface area contributed by atoms with Crippen molar-refractivity contribution in [1.29, 1.82) is 0 Å². The van der Waals surface area contributed by atoms with Gasteiger partial charge < -0.3 is 15.0 Å². The number of nitrogens with one attached hydrogen (secondary N) is 1. The Balaban J connectivity index is 2.98. The molecule has 0 saturated carbocycles. The first-order valence-electron chi connectivity index (χ1n) is 7.06. The molecular formula is C16H26N2O2. The first-order chi connectivity index (χ1) is 9.49. The van der Waals surface area contributed by atoms with Crippen LogP contribution < -0.4 is 5.32 Å². The smallest absolute Gasteiger partial charge is 0.256 e. The molecule has 0 radical (unpaired) electrons. The first-order valence-corrected chi connectivity index (χ1v) is 7.06. The molecule has 1 aromatic rings. The van der Waals surface area contributed by atoms with Gasteiger partial charge in [-0.3, -0.25) is 4.79 Å². The molecule has 20 heavy (non-hydrogen) atoms. The molecule has 0 aliphatic carbocycles. The minimum Gasteiger partial charge on any atom is -0.387 e. The number of hydrogen-bond acceptors (Lipinski definition) is 3. The van der Waals surface area contributed by atoms with Crippen molar-refractivity contribution in [3.05, 3.63) is 29.3 Å². The second-order valence-electron chi connectivity index (χ2n) is 5.44. The number of nitrogens with zero attached hydrogens (tertiary/aromatic N) is 1. The van der Waals surface area contributed by atoms with E-state index in [1.54, 1.807) is 7.11 Å². The van der Waals surface area contributed by atoms with Gasteiger partial charge in [0.15, 0.2) is 0 Å². The lowest BCUT2D eigenvalue weighted by atomic mass is 10.1. The molecule has 0 atom stereocenters. The molecule has 0 fully saturated rings. The number of methoxy groups -OCH3 is 1. The van der Waals surface area contributed by atoms with E-state index < -0.39 is 0 Å². The highest BCUT2D eigenvalue weighted by molar-refractivity contribution is 5.99. The van der Waals surface area contributed by atoms with E-state index in [9.17, 15) is 4.79 Å². The molecule has 0 saturated heterocycles. The van der Waals surface area contributed by atoms with Gasteiger partial charge in [-0.1, -0.05) is 19.9 Å². The van der Waals surface area contributed by atoms with Crippen LogP contribution in [0.15, 0.2) is 18.2 Å². The third-order valence-electron chi connectivity index (χ3n) is 3.11. The summed E-state index contributed by atoms with van der Waals surface area (Å²) >= 11 is 0. The molecule has 1 aromatic carbocycles. The maximum atomic E-state index is 12.7. The van der Waals surface area contributed by atoms with Crippen LogP contribution in [0.4, 0.5) is 5.69 Å². The molecule has 0 aromatic heterocycles. The number of benzene rings is 1. The second-order valence-corrected chi connectivity index (χ2v) is 5.44. The Kier molecular flexibility index (Phi) is 6.52. The Bertz CT molecular complexity index is 444.